The number of hydrogen-bond donors (Lipinski definition) is 0. The Morgan fingerprint density at radius 3 is 2.67 bits per heavy atom. The second kappa shape index (κ2) is 5.73. The van der Waals surface area contributed by atoms with Crippen LogP contribution in [0.3, 0.4) is 0 Å². The molecule has 2 aromatic heterocycles. The summed E-state index contributed by atoms with van der Waals surface area (Å²) in [5.74, 6) is 0.772. The highest BCUT2D eigenvalue weighted by Crippen LogP contribution is 2.18. The van der Waals surface area contributed by atoms with E-state index in [4.69, 9.17) is 4.42 Å². The van der Waals surface area contributed by atoms with E-state index < -0.39 is 0 Å². The fourth-order valence-electron chi connectivity index (χ4n) is 2.50. The molecule has 0 bridgehead atoms. The number of aromatic nitrogens is 4. The molecule has 0 unspecified atom stereocenters. The quantitative estimate of drug-likeness (QED) is 0.581. The SMILES string of the molecule is Cc1ccc(-c2nnc(Cn3ncc4ccccc4c3=O)o2)cc1. The highest BCUT2D eigenvalue weighted by molar-refractivity contribution is 5.80. The van der Waals surface area contributed by atoms with Crippen molar-refractivity contribution in [3.63, 3.8) is 0 Å². The summed E-state index contributed by atoms with van der Waals surface area (Å²) in [4.78, 5) is 12.5. The van der Waals surface area contributed by atoms with Crippen molar-refractivity contribution in [2.24, 2.45) is 0 Å². The molecule has 0 spiro atoms. The summed E-state index contributed by atoms with van der Waals surface area (Å²) in [6, 6.07) is 15.1. The minimum absolute atomic E-state index is 0.141. The number of aryl methyl sites for hydroxylation is 1. The summed E-state index contributed by atoms with van der Waals surface area (Å²) in [7, 11) is 0. The van der Waals surface area contributed by atoms with E-state index in [-0.39, 0.29) is 12.1 Å². The van der Waals surface area contributed by atoms with Crippen molar-refractivity contribution in [3.05, 3.63) is 76.5 Å². The molecule has 6 nitrogen and oxygen atoms in total. The van der Waals surface area contributed by atoms with Crippen LogP contribution in [0.5, 0.6) is 0 Å². The summed E-state index contributed by atoms with van der Waals surface area (Å²) >= 11 is 0. The molecule has 4 rings (SSSR count). The third-order valence-corrected chi connectivity index (χ3v) is 3.81. The molecule has 0 radical (unpaired) electrons. The smallest absolute Gasteiger partial charge is 0.275 e. The van der Waals surface area contributed by atoms with Crippen molar-refractivity contribution in [1.29, 1.82) is 0 Å². The van der Waals surface area contributed by atoms with Gasteiger partial charge in [0.15, 0.2) is 0 Å². The molecular weight excluding hydrogens is 304 g/mol. The lowest BCUT2D eigenvalue weighted by Crippen LogP contribution is -2.23. The monoisotopic (exact) mass is 318 g/mol. The molecule has 118 valence electrons. The first kappa shape index (κ1) is 14.3. The fraction of sp³-hybridized carbons (Fsp3) is 0.111. The highest BCUT2D eigenvalue weighted by Gasteiger charge is 2.11. The van der Waals surface area contributed by atoms with Crippen molar-refractivity contribution in [1.82, 2.24) is 20.0 Å². The van der Waals surface area contributed by atoms with Crippen LogP contribution < -0.4 is 5.56 Å². The van der Waals surface area contributed by atoms with Gasteiger partial charge in [0.05, 0.1) is 11.6 Å². The van der Waals surface area contributed by atoms with E-state index in [1.165, 1.54) is 4.68 Å². The molecule has 0 saturated heterocycles. The summed E-state index contributed by atoms with van der Waals surface area (Å²) in [5.41, 5.74) is 1.83. The summed E-state index contributed by atoms with van der Waals surface area (Å²) in [6.07, 6.45) is 1.66. The molecule has 0 fully saturated rings. The second-order valence-electron chi connectivity index (χ2n) is 5.56. The first-order valence-corrected chi connectivity index (χ1v) is 7.55. The van der Waals surface area contributed by atoms with E-state index in [1.807, 2.05) is 49.4 Å². The molecule has 0 aliphatic rings. The van der Waals surface area contributed by atoms with Gasteiger partial charge in [-0.3, -0.25) is 4.79 Å². The van der Waals surface area contributed by atoms with E-state index in [9.17, 15) is 4.79 Å². The number of nitrogens with zero attached hydrogens (tertiary/aromatic N) is 4. The lowest BCUT2D eigenvalue weighted by molar-refractivity contribution is 0.467. The Morgan fingerprint density at radius 2 is 1.83 bits per heavy atom. The van der Waals surface area contributed by atoms with Crippen LogP contribution in [0.4, 0.5) is 0 Å². The topological polar surface area (TPSA) is 73.8 Å². The molecule has 0 N–H and O–H groups in total. The summed E-state index contributed by atoms with van der Waals surface area (Å²) < 4.78 is 6.99. The van der Waals surface area contributed by atoms with Crippen LogP contribution in [0.15, 0.2) is 63.9 Å². The normalized spacial score (nSPS) is 11.0. The zero-order chi connectivity index (χ0) is 16.5. The van der Waals surface area contributed by atoms with Crippen LogP contribution in [0.2, 0.25) is 0 Å². The number of fused-ring (bicyclic) bond motifs is 1. The number of rotatable bonds is 3. The average molecular weight is 318 g/mol. The Labute approximate surface area is 137 Å². The van der Waals surface area contributed by atoms with E-state index in [2.05, 4.69) is 15.3 Å². The van der Waals surface area contributed by atoms with Crippen molar-refractivity contribution in [2.75, 3.05) is 0 Å². The molecule has 0 aliphatic carbocycles. The zero-order valence-corrected chi connectivity index (χ0v) is 13.0. The molecule has 2 aromatic carbocycles. The number of hydrogen-bond acceptors (Lipinski definition) is 5. The van der Waals surface area contributed by atoms with Gasteiger partial charge in [-0.1, -0.05) is 35.9 Å². The molecule has 4 aromatic rings. The average Bonchev–Trinajstić information content (AvgIpc) is 3.07. The molecule has 0 aliphatic heterocycles. The van der Waals surface area contributed by atoms with Crippen LogP contribution in [-0.2, 0) is 6.54 Å². The molecule has 0 saturated carbocycles. The van der Waals surface area contributed by atoms with Gasteiger partial charge in [-0.15, -0.1) is 10.2 Å². The second-order valence-corrected chi connectivity index (χ2v) is 5.56. The highest BCUT2D eigenvalue weighted by atomic mass is 16.4. The van der Waals surface area contributed by atoms with Crippen LogP contribution in [0.1, 0.15) is 11.5 Å². The third kappa shape index (κ3) is 2.58. The maximum atomic E-state index is 12.5. The van der Waals surface area contributed by atoms with Crippen molar-refractivity contribution in [2.45, 2.75) is 13.5 Å². The van der Waals surface area contributed by atoms with Gasteiger partial charge in [0.25, 0.3) is 5.56 Å². The largest absolute Gasteiger partial charge is 0.419 e. The maximum absolute atomic E-state index is 12.5. The first-order chi connectivity index (χ1) is 11.7. The first-order valence-electron chi connectivity index (χ1n) is 7.55. The van der Waals surface area contributed by atoms with Gasteiger partial charge < -0.3 is 4.42 Å². The minimum Gasteiger partial charge on any atom is -0.419 e. The Kier molecular flexibility index (Phi) is 3.42. The van der Waals surface area contributed by atoms with Crippen molar-refractivity contribution < 1.29 is 4.42 Å². The predicted octanol–water partition coefficient (Wildman–Crippen LogP) is 2.80. The molecule has 2 heterocycles. The zero-order valence-electron chi connectivity index (χ0n) is 13.0. The van der Waals surface area contributed by atoms with Gasteiger partial charge in [0, 0.05) is 10.9 Å². The van der Waals surface area contributed by atoms with Gasteiger partial charge in [0.2, 0.25) is 11.8 Å². The van der Waals surface area contributed by atoms with Gasteiger partial charge in [0.1, 0.15) is 6.54 Å². The lowest BCUT2D eigenvalue weighted by atomic mass is 10.1. The van der Waals surface area contributed by atoms with E-state index in [1.54, 1.807) is 12.3 Å². The van der Waals surface area contributed by atoms with Crippen LogP contribution in [0.25, 0.3) is 22.2 Å². The molecule has 0 amide bonds. The van der Waals surface area contributed by atoms with E-state index >= 15 is 0 Å². The summed E-state index contributed by atoms with van der Waals surface area (Å²) in [6.45, 7) is 2.16. The van der Waals surface area contributed by atoms with E-state index in [0.717, 1.165) is 16.5 Å². The Hall–Kier alpha value is -3.28. The maximum Gasteiger partial charge on any atom is 0.275 e. The predicted molar refractivity (Wildman–Crippen MR) is 89.6 cm³/mol. The van der Waals surface area contributed by atoms with Crippen molar-refractivity contribution in [3.8, 4) is 11.5 Å². The van der Waals surface area contributed by atoms with E-state index in [0.29, 0.717) is 17.2 Å². The van der Waals surface area contributed by atoms with Gasteiger partial charge in [-0.25, -0.2) is 4.68 Å². The fourth-order valence-corrected chi connectivity index (χ4v) is 2.50. The lowest BCUT2D eigenvalue weighted by Gasteiger charge is -2.02. The molecule has 6 heteroatoms. The Morgan fingerprint density at radius 1 is 1.04 bits per heavy atom. The number of benzene rings is 2. The standard InChI is InChI=1S/C18H14N4O2/c1-12-6-8-13(9-7-12)17-21-20-16(24-17)11-22-18(23)15-5-3-2-4-14(15)10-19-22/h2-10H,11H2,1H3. The molecule has 0 atom stereocenters. The minimum atomic E-state index is -0.178. The van der Waals surface area contributed by atoms with Crippen LogP contribution in [0, 0.1) is 6.92 Å². The Balaban J connectivity index is 1.66. The Bertz CT molecular complexity index is 1060. The summed E-state index contributed by atoms with van der Waals surface area (Å²) in [5, 5.41) is 13.7. The molecular formula is C18H14N4O2. The van der Waals surface area contributed by atoms with Gasteiger partial charge >= 0.3 is 0 Å². The van der Waals surface area contributed by atoms with Crippen molar-refractivity contribution >= 4 is 10.8 Å². The molecule has 24 heavy (non-hydrogen) atoms. The van der Waals surface area contributed by atoms with Crippen LogP contribution >= 0.6 is 0 Å². The van der Waals surface area contributed by atoms with Gasteiger partial charge in [-0.05, 0) is 25.1 Å². The van der Waals surface area contributed by atoms with Gasteiger partial charge in [-0.2, -0.15) is 5.10 Å². The van der Waals surface area contributed by atoms with Crippen LogP contribution in [-0.4, -0.2) is 20.0 Å². The third-order valence-electron chi connectivity index (χ3n) is 3.81.